The van der Waals surface area contributed by atoms with Crippen LogP contribution in [-0.4, -0.2) is 43.4 Å². The van der Waals surface area contributed by atoms with Crippen LogP contribution in [0.25, 0.3) is 0 Å². The van der Waals surface area contributed by atoms with Crippen molar-refractivity contribution in [3.05, 3.63) is 30.1 Å². The molecule has 1 aromatic rings. The molecule has 2 amide bonds. The van der Waals surface area contributed by atoms with Gasteiger partial charge >= 0.3 is 0 Å². The van der Waals surface area contributed by atoms with Crippen LogP contribution < -0.4 is 10.6 Å². The molecule has 0 atom stereocenters. The molecule has 1 aromatic carbocycles. The summed E-state index contributed by atoms with van der Waals surface area (Å²) in [4.78, 5) is 25.9. The lowest BCUT2D eigenvalue weighted by Crippen LogP contribution is -2.42. The third-order valence-corrected chi connectivity index (χ3v) is 3.92. The number of halogens is 1. The number of carbonyl (C=O) groups excluding carboxylic acids is 2. The van der Waals surface area contributed by atoms with Crippen LogP contribution in [0.3, 0.4) is 0 Å². The molecule has 0 radical (unpaired) electrons. The normalized spacial score (nSPS) is 15.6. The lowest BCUT2D eigenvalue weighted by atomic mass is 9.95. The van der Waals surface area contributed by atoms with E-state index in [4.69, 9.17) is 0 Å². The molecule has 0 spiro atoms. The van der Waals surface area contributed by atoms with Gasteiger partial charge in [0, 0.05) is 37.7 Å². The Morgan fingerprint density at radius 3 is 2.45 bits per heavy atom. The van der Waals surface area contributed by atoms with E-state index < -0.39 is 0 Å². The molecule has 2 rings (SSSR count). The Labute approximate surface area is 129 Å². The van der Waals surface area contributed by atoms with Crippen molar-refractivity contribution < 1.29 is 14.0 Å². The lowest BCUT2D eigenvalue weighted by Gasteiger charge is -2.31. The summed E-state index contributed by atoms with van der Waals surface area (Å²) < 4.78 is 12.8. The van der Waals surface area contributed by atoms with Crippen LogP contribution >= 0.6 is 0 Å². The predicted molar refractivity (Wildman–Crippen MR) is 82.9 cm³/mol. The second kappa shape index (κ2) is 7.89. The smallest absolute Gasteiger partial charge is 0.227 e. The Kier molecular flexibility index (Phi) is 5.89. The Morgan fingerprint density at radius 1 is 1.23 bits per heavy atom. The minimum atomic E-state index is -0.327. The van der Waals surface area contributed by atoms with Crippen molar-refractivity contribution >= 4 is 17.5 Å². The highest BCUT2D eigenvalue weighted by Crippen LogP contribution is 2.20. The highest BCUT2D eigenvalue weighted by Gasteiger charge is 2.27. The van der Waals surface area contributed by atoms with Crippen LogP contribution in [0.5, 0.6) is 0 Å². The van der Waals surface area contributed by atoms with Crippen LogP contribution in [0.2, 0.25) is 0 Å². The number of rotatable bonds is 5. The molecule has 0 aliphatic carbocycles. The maximum absolute atomic E-state index is 12.8. The molecule has 1 heterocycles. The SMILES string of the molecule is CNCCC(=O)N1CCC(C(=O)Nc2ccc(F)cc2)CC1. The van der Waals surface area contributed by atoms with Crippen LogP contribution in [0.1, 0.15) is 19.3 Å². The van der Waals surface area contributed by atoms with E-state index in [0.717, 1.165) is 0 Å². The monoisotopic (exact) mass is 307 g/mol. The molecule has 5 nitrogen and oxygen atoms in total. The highest BCUT2D eigenvalue weighted by molar-refractivity contribution is 5.92. The molecule has 2 N–H and O–H groups in total. The number of anilines is 1. The fourth-order valence-corrected chi connectivity index (χ4v) is 2.56. The van der Waals surface area contributed by atoms with Crippen molar-refractivity contribution in [1.29, 1.82) is 0 Å². The van der Waals surface area contributed by atoms with Crippen LogP contribution in [0, 0.1) is 11.7 Å². The first kappa shape index (κ1) is 16.4. The maximum Gasteiger partial charge on any atom is 0.227 e. The summed E-state index contributed by atoms with van der Waals surface area (Å²) in [6.45, 7) is 1.90. The summed E-state index contributed by atoms with van der Waals surface area (Å²) in [6, 6.07) is 5.73. The first-order chi connectivity index (χ1) is 10.6. The van der Waals surface area contributed by atoms with Gasteiger partial charge < -0.3 is 15.5 Å². The standard InChI is InChI=1S/C16H22FN3O2/c1-18-9-6-15(21)20-10-7-12(8-11-20)16(22)19-14-4-2-13(17)3-5-14/h2-5,12,18H,6-11H2,1H3,(H,19,22). The first-order valence-electron chi connectivity index (χ1n) is 7.59. The predicted octanol–water partition coefficient (Wildman–Crippen LogP) is 1.61. The lowest BCUT2D eigenvalue weighted by molar-refractivity contribution is -0.134. The van der Waals surface area contributed by atoms with E-state index in [1.54, 1.807) is 12.1 Å². The molecule has 1 aliphatic heterocycles. The molecule has 0 aromatic heterocycles. The van der Waals surface area contributed by atoms with Gasteiger partial charge in [-0.3, -0.25) is 9.59 Å². The summed E-state index contributed by atoms with van der Waals surface area (Å²) in [5.41, 5.74) is 0.596. The molecular weight excluding hydrogens is 285 g/mol. The van der Waals surface area contributed by atoms with Gasteiger partial charge in [-0.05, 0) is 44.2 Å². The molecule has 0 saturated carbocycles. The minimum Gasteiger partial charge on any atom is -0.343 e. The van der Waals surface area contributed by atoms with Crippen LogP contribution in [0.15, 0.2) is 24.3 Å². The zero-order valence-electron chi connectivity index (χ0n) is 12.8. The zero-order chi connectivity index (χ0) is 15.9. The molecule has 120 valence electrons. The molecule has 1 saturated heterocycles. The third-order valence-electron chi connectivity index (χ3n) is 3.92. The average molecular weight is 307 g/mol. The van der Waals surface area contributed by atoms with Gasteiger partial charge in [0.1, 0.15) is 5.82 Å². The Hall–Kier alpha value is -1.95. The van der Waals surface area contributed by atoms with Crippen molar-refractivity contribution in [2.45, 2.75) is 19.3 Å². The van der Waals surface area contributed by atoms with Gasteiger partial charge in [-0.2, -0.15) is 0 Å². The number of hydrogen-bond acceptors (Lipinski definition) is 3. The van der Waals surface area contributed by atoms with E-state index in [2.05, 4.69) is 10.6 Å². The highest BCUT2D eigenvalue weighted by atomic mass is 19.1. The molecule has 1 fully saturated rings. The second-order valence-corrected chi connectivity index (χ2v) is 5.50. The van der Waals surface area contributed by atoms with Crippen molar-refractivity contribution in [3.63, 3.8) is 0 Å². The minimum absolute atomic E-state index is 0.0612. The van der Waals surface area contributed by atoms with Crippen molar-refractivity contribution in [1.82, 2.24) is 10.2 Å². The number of amides is 2. The number of piperidine rings is 1. The molecule has 6 heteroatoms. The largest absolute Gasteiger partial charge is 0.343 e. The van der Waals surface area contributed by atoms with Gasteiger partial charge in [-0.25, -0.2) is 4.39 Å². The fraction of sp³-hybridized carbons (Fsp3) is 0.500. The van der Waals surface area contributed by atoms with Gasteiger partial charge in [0.15, 0.2) is 0 Å². The van der Waals surface area contributed by atoms with E-state index in [1.165, 1.54) is 12.1 Å². The van der Waals surface area contributed by atoms with Gasteiger partial charge in [0.05, 0.1) is 0 Å². The summed E-state index contributed by atoms with van der Waals surface area (Å²) >= 11 is 0. The van der Waals surface area contributed by atoms with Crippen molar-refractivity contribution in [2.75, 3.05) is 32.0 Å². The van der Waals surface area contributed by atoms with E-state index in [1.807, 2.05) is 11.9 Å². The van der Waals surface area contributed by atoms with Crippen LogP contribution in [-0.2, 0) is 9.59 Å². The number of likely N-dealkylation sites (tertiary alicyclic amines) is 1. The maximum atomic E-state index is 12.8. The molecular formula is C16H22FN3O2. The molecule has 1 aliphatic rings. The average Bonchev–Trinajstić information content (AvgIpc) is 2.55. The van der Waals surface area contributed by atoms with Crippen molar-refractivity contribution in [2.24, 2.45) is 5.92 Å². The number of hydrogen-bond donors (Lipinski definition) is 2. The number of nitrogens with one attached hydrogen (secondary N) is 2. The zero-order valence-corrected chi connectivity index (χ0v) is 12.8. The summed E-state index contributed by atoms with van der Waals surface area (Å²) in [7, 11) is 1.82. The van der Waals surface area contributed by atoms with E-state index in [0.29, 0.717) is 44.6 Å². The summed E-state index contributed by atoms with van der Waals surface area (Å²) in [6.07, 6.45) is 1.82. The summed E-state index contributed by atoms with van der Waals surface area (Å²) in [5, 5.41) is 5.76. The molecule has 0 bridgehead atoms. The number of nitrogens with zero attached hydrogens (tertiary/aromatic N) is 1. The molecule has 0 unspecified atom stereocenters. The number of benzene rings is 1. The Morgan fingerprint density at radius 2 is 1.86 bits per heavy atom. The van der Waals surface area contributed by atoms with Crippen LogP contribution in [0.4, 0.5) is 10.1 Å². The quantitative estimate of drug-likeness (QED) is 0.869. The fourth-order valence-electron chi connectivity index (χ4n) is 2.56. The Balaban J connectivity index is 1.79. The van der Waals surface area contributed by atoms with Crippen molar-refractivity contribution in [3.8, 4) is 0 Å². The van der Waals surface area contributed by atoms with Gasteiger partial charge in [0.25, 0.3) is 0 Å². The number of carbonyl (C=O) groups is 2. The van der Waals surface area contributed by atoms with E-state index >= 15 is 0 Å². The van der Waals surface area contributed by atoms with Gasteiger partial charge in [-0.15, -0.1) is 0 Å². The topological polar surface area (TPSA) is 61.4 Å². The third kappa shape index (κ3) is 4.53. The van der Waals surface area contributed by atoms with E-state index in [9.17, 15) is 14.0 Å². The van der Waals surface area contributed by atoms with E-state index in [-0.39, 0.29) is 23.5 Å². The second-order valence-electron chi connectivity index (χ2n) is 5.50. The van der Waals surface area contributed by atoms with Gasteiger partial charge in [-0.1, -0.05) is 0 Å². The Bertz CT molecular complexity index is 511. The first-order valence-corrected chi connectivity index (χ1v) is 7.59. The molecule has 22 heavy (non-hydrogen) atoms. The van der Waals surface area contributed by atoms with Gasteiger partial charge in [0.2, 0.25) is 11.8 Å². The summed E-state index contributed by atoms with van der Waals surface area (Å²) in [5.74, 6) is -0.356.